The van der Waals surface area contributed by atoms with Crippen LogP contribution in [0.3, 0.4) is 0 Å². The Morgan fingerprint density at radius 3 is 2.54 bits per heavy atom. The van der Waals surface area contributed by atoms with Crippen LogP contribution in [0.5, 0.6) is 5.75 Å². The number of ether oxygens (including phenoxy) is 2. The molecule has 0 unspecified atom stereocenters. The van der Waals surface area contributed by atoms with Crippen molar-refractivity contribution in [2.75, 3.05) is 26.3 Å². The van der Waals surface area contributed by atoms with E-state index in [-0.39, 0.29) is 5.91 Å². The minimum absolute atomic E-state index is 0.00168. The van der Waals surface area contributed by atoms with Crippen LogP contribution in [0, 0.1) is 0 Å². The van der Waals surface area contributed by atoms with E-state index in [4.69, 9.17) is 9.47 Å². The smallest absolute Gasteiger partial charge is 0.257 e. The zero-order valence-electron chi connectivity index (χ0n) is 14.6. The van der Waals surface area contributed by atoms with Gasteiger partial charge in [-0.3, -0.25) is 4.79 Å². The van der Waals surface area contributed by atoms with Crippen molar-refractivity contribution in [1.82, 2.24) is 4.90 Å². The molecule has 1 aliphatic heterocycles. The van der Waals surface area contributed by atoms with Gasteiger partial charge in [0, 0.05) is 13.1 Å². The average Bonchev–Trinajstić information content (AvgIpc) is 2.72. The maximum atomic E-state index is 12.8. The molecule has 3 aromatic carbocycles. The lowest BCUT2D eigenvalue weighted by molar-refractivity contribution is 0.0300. The van der Waals surface area contributed by atoms with E-state index in [1.807, 2.05) is 47.4 Å². The first-order valence-corrected chi connectivity index (χ1v) is 8.88. The first kappa shape index (κ1) is 16.6. The third-order valence-electron chi connectivity index (χ3n) is 4.68. The Hall–Kier alpha value is -2.85. The van der Waals surface area contributed by atoms with Crippen molar-refractivity contribution in [3.05, 3.63) is 77.9 Å². The molecule has 0 radical (unpaired) electrons. The predicted octanol–water partition coefficient (Wildman–Crippen LogP) is 3.89. The van der Waals surface area contributed by atoms with Gasteiger partial charge in [0.25, 0.3) is 5.91 Å². The normalized spacial score (nSPS) is 14.4. The highest BCUT2D eigenvalue weighted by Crippen LogP contribution is 2.24. The highest BCUT2D eigenvalue weighted by molar-refractivity contribution is 5.97. The highest BCUT2D eigenvalue weighted by Gasteiger charge is 2.21. The molecule has 0 N–H and O–H groups in total. The van der Waals surface area contributed by atoms with E-state index in [1.165, 1.54) is 10.8 Å². The van der Waals surface area contributed by atoms with Crippen LogP contribution in [0.15, 0.2) is 66.7 Å². The molecular weight excluding hydrogens is 326 g/mol. The number of rotatable bonds is 4. The van der Waals surface area contributed by atoms with Crippen molar-refractivity contribution in [2.45, 2.75) is 6.61 Å². The first-order chi connectivity index (χ1) is 12.8. The van der Waals surface area contributed by atoms with E-state index in [1.54, 1.807) is 0 Å². The molecule has 0 aliphatic carbocycles. The van der Waals surface area contributed by atoms with Crippen molar-refractivity contribution in [2.24, 2.45) is 0 Å². The summed E-state index contributed by atoms with van der Waals surface area (Å²) in [4.78, 5) is 14.7. The number of hydrogen-bond donors (Lipinski definition) is 0. The van der Waals surface area contributed by atoms with Gasteiger partial charge in [-0.25, -0.2) is 0 Å². The molecule has 0 spiro atoms. The van der Waals surface area contributed by atoms with Crippen LogP contribution in [-0.4, -0.2) is 37.1 Å². The lowest BCUT2D eigenvalue weighted by atomic mass is 10.1. The Morgan fingerprint density at radius 1 is 0.923 bits per heavy atom. The summed E-state index contributed by atoms with van der Waals surface area (Å²) in [5.41, 5.74) is 1.71. The molecule has 4 rings (SSSR count). The third kappa shape index (κ3) is 3.41. The number of para-hydroxylation sites is 1. The van der Waals surface area contributed by atoms with Crippen LogP contribution in [0.25, 0.3) is 10.8 Å². The summed E-state index contributed by atoms with van der Waals surface area (Å²) in [6.07, 6.45) is 0. The van der Waals surface area contributed by atoms with Gasteiger partial charge in [0.1, 0.15) is 12.4 Å². The fraction of sp³-hybridized carbons (Fsp3) is 0.227. The molecule has 1 saturated heterocycles. The summed E-state index contributed by atoms with van der Waals surface area (Å²) < 4.78 is 11.4. The van der Waals surface area contributed by atoms with Crippen LogP contribution < -0.4 is 4.74 Å². The van der Waals surface area contributed by atoms with Gasteiger partial charge in [-0.1, -0.05) is 54.6 Å². The molecule has 1 aliphatic rings. The average molecular weight is 347 g/mol. The van der Waals surface area contributed by atoms with Crippen molar-refractivity contribution < 1.29 is 14.3 Å². The van der Waals surface area contributed by atoms with Gasteiger partial charge < -0.3 is 14.4 Å². The molecule has 0 bridgehead atoms. The molecule has 4 heteroatoms. The first-order valence-electron chi connectivity index (χ1n) is 8.88. The largest absolute Gasteiger partial charge is 0.488 e. The maximum Gasteiger partial charge on any atom is 0.257 e. The molecule has 0 atom stereocenters. The number of morpholine rings is 1. The fourth-order valence-corrected chi connectivity index (χ4v) is 3.28. The summed E-state index contributed by atoms with van der Waals surface area (Å²) in [5.74, 6) is 0.624. The quantitative estimate of drug-likeness (QED) is 0.719. The van der Waals surface area contributed by atoms with E-state index in [2.05, 4.69) is 24.3 Å². The van der Waals surface area contributed by atoms with E-state index < -0.39 is 0 Å². The van der Waals surface area contributed by atoms with Gasteiger partial charge in [0.2, 0.25) is 0 Å². The zero-order chi connectivity index (χ0) is 17.8. The Bertz CT molecular complexity index is 911. The van der Waals surface area contributed by atoms with Crippen molar-refractivity contribution in [3.8, 4) is 5.75 Å². The molecular formula is C22H21NO3. The van der Waals surface area contributed by atoms with Crippen molar-refractivity contribution >= 4 is 16.7 Å². The molecule has 26 heavy (non-hydrogen) atoms. The Labute approximate surface area is 153 Å². The molecule has 132 valence electrons. The minimum Gasteiger partial charge on any atom is -0.488 e. The third-order valence-corrected chi connectivity index (χ3v) is 4.68. The van der Waals surface area contributed by atoms with Gasteiger partial charge in [-0.2, -0.15) is 0 Å². The van der Waals surface area contributed by atoms with Gasteiger partial charge in [0.15, 0.2) is 0 Å². The molecule has 1 amide bonds. The van der Waals surface area contributed by atoms with Gasteiger partial charge in [0.05, 0.1) is 18.8 Å². The number of carbonyl (C=O) groups excluding carboxylic acids is 1. The van der Waals surface area contributed by atoms with E-state index in [9.17, 15) is 4.79 Å². The molecule has 1 heterocycles. The zero-order valence-corrected chi connectivity index (χ0v) is 14.6. The Kier molecular flexibility index (Phi) is 4.84. The van der Waals surface area contributed by atoms with E-state index in [0.717, 1.165) is 5.56 Å². The molecule has 4 nitrogen and oxygen atoms in total. The van der Waals surface area contributed by atoms with Crippen LogP contribution in [0.2, 0.25) is 0 Å². The number of nitrogens with zero attached hydrogens (tertiary/aromatic N) is 1. The van der Waals surface area contributed by atoms with Crippen molar-refractivity contribution in [3.63, 3.8) is 0 Å². The summed E-state index contributed by atoms with van der Waals surface area (Å²) in [6.45, 7) is 2.84. The second kappa shape index (κ2) is 7.58. The fourth-order valence-electron chi connectivity index (χ4n) is 3.28. The lowest BCUT2D eigenvalue weighted by Crippen LogP contribution is -2.40. The number of carbonyl (C=O) groups is 1. The standard InChI is InChI=1S/C22H21NO3/c24-22(23-12-14-25-15-13-23)20-10-3-4-11-21(20)26-16-18-8-5-7-17-6-1-2-9-19(17)18/h1-11H,12-16H2. The topological polar surface area (TPSA) is 38.8 Å². The number of benzene rings is 3. The van der Waals surface area contributed by atoms with Crippen molar-refractivity contribution in [1.29, 1.82) is 0 Å². The van der Waals surface area contributed by atoms with Gasteiger partial charge in [-0.05, 0) is 28.5 Å². The number of fused-ring (bicyclic) bond motifs is 1. The second-order valence-electron chi connectivity index (χ2n) is 6.33. The minimum atomic E-state index is 0.00168. The number of amides is 1. The summed E-state index contributed by atoms with van der Waals surface area (Å²) in [5, 5.41) is 2.36. The van der Waals surface area contributed by atoms with Crippen LogP contribution >= 0.6 is 0 Å². The van der Waals surface area contributed by atoms with Crippen LogP contribution in [0.1, 0.15) is 15.9 Å². The molecule has 0 saturated carbocycles. The molecule has 1 fully saturated rings. The monoisotopic (exact) mass is 347 g/mol. The van der Waals surface area contributed by atoms with E-state index >= 15 is 0 Å². The highest BCUT2D eigenvalue weighted by atomic mass is 16.5. The lowest BCUT2D eigenvalue weighted by Gasteiger charge is -2.27. The summed E-state index contributed by atoms with van der Waals surface area (Å²) in [7, 11) is 0. The van der Waals surface area contributed by atoms with E-state index in [0.29, 0.717) is 44.2 Å². The predicted molar refractivity (Wildman–Crippen MR) is 101 cm³/mol. The number of hydrogen-bond acceptors (Lipinski definition) is 3. The van der Waals surface area contributed by atoms with Crippen LogP contribution in [0.4, 0.5) is 0 Å². The Morgan fingerprint density at radius 2 is 1.65 bits per heavy atom. The maximum absolute atomic E-state index is 12.8. The van der Waals surface area contributed by atoms with Crippen LogP contribution in [-0.2, 0) is 11.3 Å². The van der Waals surface area contributed by atoms with Gasteiger partial charge in [-0.15, -0.1) is 0 Å². The van der Waals surface area contributed by atoms with Gasteiger partial charge >= 0.3 is 0 Å². The molecule has 0 aromatic heterocycles. The summed E-state index contributed by atoms with van der Waals surface area (Å²) >= 11 is 0. The second-order valence-corrected chi connectivity index (χ2v) is 6.33. The summed E-state index contributed by atoms with van der Waals surface area (Å²) in [6, 6.07) is 21.9. The SMILES string of the molecule is O=C(c1ccccc1OCc1cccc2ccccc12)N1CCOCC1. The molecule has 3 aromatic rings. The Balaban J connectivity index is 1.56.